The number of halogens is 1. The first kappa shape index (κ1) is 18.6. The first-order valence-electron chi connectivity index (χ1n) is 8.12. The van der Waals surface area contributed by atoms with E-state index in [0.717, 1.165) is 18.5 Å². The van der Waals surface area contributed by atoms with Crippen LogP contribution >= 0.6 is 0 Å². The third-order valence-electron chi connectivity index (χ3n) is 3.98. The predicted molar refractivity (Wildman–Crippen MR) is 96.7 cm³/mol. The van der Waals surface area contributed by atoms with Crippen LogP contribution in [0.3, 0.4) is 0 Å². The second kappa shape index (κ2) is 8.41. The summed E-state index contributed by atoms with van der Waals surface area (Å²) in [6, 6.07) is 13.4. The Kier molecular flexibility index (Phi) is 6.26. The maximum absolute atomic E-state index is 13.5. The summed E-state index contributed by atoms with van der Waals surface area (Å²) in [4.78, 5) is 16.4. The summed E-state index contributed by atoms with van der Waals surface area (Å²) in [7, 11) is 5.79. The number of nitrogens with zero attached hydrogens (tertiary/aromatic N) is 3. The molecule has 0 saturated carbocycles. The van der Waals surface area contributed by atoms with Gasteiger partial charge in [0.05, 0.1) is 5.56 Å². The van der Waals surface area contributed by atoms with E-state index >= 15 is 0 Å². The lowest BCUT2D eigenvalue weighted by molar-refractivity contribution is 0.0790. The van der Waals surface area contributed by atoms with E-state index in [9.17, 15) is 9.18 Å². The molecule has 0 bridgehead atoms. The van der Waals surface area contributed by atoms with E-state index in [0.29, 0.717) is 17.7 Å². The van der Waals surface area contributed by atoms with Gasteiger partial charge in [-0.1, -0.05) is 18.2 Å². The fourth-order valence-corrected chi connectivity index (χ4v) is 2.57. The van der Waals surface area contributed by atoms with Gasteiger partial charge in [-0.05, 0) is 62.5 Å². The number of nitriles is 1. The van der Waals surface area contributed by atoms with E-state index in [1.54, 1.807) is 36.2 Å². The number of rotatable bonds is 6. The molecule has 2 aromatic rings. The number of amides is 1. The molecule has 25 heavy (non-hydrogen) atoms. The number of carbonyl (C=O) groups excluding carboxylic acids is 1. The van der Waals surface area contributed by atoms with Crippen molar-refractivity contribution in [3.63, 3.8) is 0 Å². The summed E-state index contributed by atoms with van der Waals surface area (Å²) in [5.74, 6) is -0.595. The maximum Gasteiger partial charge on any atom is 0.253 e. The van der Waals surface area contributed by atoms with Crippen LogP contribution in [0.5, 0.6) is 0 Å². The molecule has 0 fully saturated rings. The van der Waals surface area contributed by atoms with Gasteiger partial charge < -0.3 is 9.80 Å². The van der Waals surface area contributed by atoms with Crippen molar-refractivity contribution < 1.29 is 9.18 Å². The molecule has 5 heteroatoms. The van der Waals surface area contributed by atoms with Crippen LogP contribution in [0.25, 0.3) is 11.1 Å². The predicted octanol–water partition coefficient (Wildman–Crippen LogP) is 3.39. The van der Waals surface area contributed by atoms with Gasteiger partial charge in [-0.25, -0.2) is 4.39 Å². The van der Waals surface area contributed by atoms with E-state index in [1.807, 2.05) is 26.2 Å². The van der Waals surface area contributed by atoms with E-state index < -0.39 is 5.82 Å². The van der Waals surface area contributed by atoms with Gasteiger partial charge in [0.1, 0.15) is 11.9 Å². The van der Waals surface area contributed by atoms with Crippen molar-refractivity contribution in [1.82, 2.24) is 9.80 Å². The number of hydrogen-bond donors (Lipinski definition) is 0. The molecule has 2 rings (SSSR count). The lowest BCUT2D eigenvalue weighted by Gasteiger charge is -2.19. The van der Waals surface area contributed by atoms with Crippen LogP contribution in [0, 0.1) is 17.1 Å². The van der Waals surface area contributed by atoms with Gasteiger partial charge in [0, 0.05) is 19.2 Å². The second-order valence-corrected chi connectivity index (χ2v) is 6.27. The largest absolute Gasteiger partial charge is 0.342 e. The molecule has 0 aromatic heterocycles. The number of hydrogen-bond acceptors (Lipinski definition) is 3. The number of carbonyl (C=O) groups is 1. The summed E-state index contributed by atoms with van der Waals surface area (Å²) in [5, 5.41) is 8.97. The summed E-state index contributed by atoms with van der Waals surface area (Å²) in [6.45, 7) is 1.60. The van der Waals surface area contributed by atoms with Crippen molar-refractivity contribution in [3.05, 3.63) is 59.4 Å². The maximum atomic E-state index is 13.5. The molecule has 0 saturated heterocycles. The highest BCUT2D eigenvalue weighted by Crippen LogP contribution is 2.23. The summed E-state index contributed by atoms with van der Waals surface area (Å²) >= 11 is 0. The molecule has 2 aromatic carbocycles. The fraction of sp³-hybridized carbons (Fsp3) is 0.300. The normalized spacial score (nSPS) is 10.6. The van der Waals surface area contributed by atoms with Crippen molar-refractivity contribution in [2.45, 2.75) is 6.42 Å². The Labute approximate surface area is 148 Å². The Morgan fingerprint density at radius 3 is 2.48 bits per heavy atom. The van der Waals surface area contributed by atoms with Crippen LogP contribution in [-0.4, -0.2) is 49.9 Å². The van der Waals surface area contributed by atoms with Crippen molar-refractivity contribution in [2.75, 3.05) is 34.2 Å². The first-order valence-corrected chi connectivity index (χ1v) is 8.12. The van der Waals surface area contributed by atoms with Crippen LogP contribution in [0.15, 0.2) is 42.5 Å². The molecular formula is C20H22FN3O. The zero-order valence-electron chi connectivity index (χ0n) is 14.8. The van der Waals surface area contributed by atoms with Crippen molar-refractivity contribution in [2.24, 2.45) is 0 Å². The van der Waals surface area contributed by atoms with Crippen LogP contribution in [-0.2, 0) is 0 Å². The zero-order chi connectivity index (χ0) is 18.4. The van der Waals surface area contributed by atoms with Gasteiger partial charge in [0.25, 0.3) is 5.91 Å². The van der Waals surface area contributed by atoms with Crippen LogP contribution in [0.2, 0.25) is 0 Å². The first-order chi connectivity index (χ1) is 11.9. The molecule has 0 radical (unpaired) electrons. The second-order valence-electron chi connectivity index (χ2n) is 6.27. The highest BCUT2D eigenvalue weighted by atomic mass is 19.1. The van der Waals surface area contributed by atoms with Crippen LogP contribution < -0.4 is 0 Å². The molecule has 0 aliphatic rings. The van der Waals surface area contributed by atoms with Crippen molar-refractivity contribution >= 4 is 5.91 Å². The molecule has 4 nitrogen and oxygen atoms in total. The highest BCUT2D eigenvalue weighted by molar-refractivity contribution is 5.95. The third kappa shape index (κ3) is 4.88. The lowest BCUT2D eigenvalue weighted by atomic mass is 10.0. The third-order valence-corrected chi connectivity index (χ3v) is 3.98. The Morgan fingerprint density at radius 1 is 1.08 bits per heavy atom. The molecule has 0 spiro atoms. The summed E-state index contributed by atoms with van der Waals surface area (Å²) < 4.78 is 13.5. The van der Waals surface area contributed by atoms with E-state index in [4.69, 9.17) is 5.26 Å². The van der Waals surface area contributed by atoms with Crippen LogP contribution in [0.4, 0.5) is 4.39 Å². The molecule has 0 aliphatic heterocycles. The van der Waals surface area contributed by atoms with Crippen molar-refractivity contribution in [3.8, 4) is 17.2 Å². The average molecular weight is 339 g/mol. The summed E-state index contributed by atoms with van der Waals surface area (Å²) in [6.07, 6.45) is 0.901. The fourth-order valence-electron chi connectivity index (χ4n) is 2.57. The number of benzene rings is 2. The lowest BCUT2D eigenvalue weighted by Crippen LogP contribution is -2.29. The molecule has 0 aliphatic carbocycles. The van der Waals surface area contributed by atoms with E-state index in [-0.39, 0.29) is 11.5 Å². The Morgan fingerprint density at radius 2 is 1.80 bits per heavy atom. The minimum atomic E-state index is -0.542. The minimum Gasteiger partial charge on any atom is -0.342 e. The average Bonchev–Trinajstić information content (AvgIpc) is 2.61. The van der Waals surface area contributed by atoms with Gasteiger partial charge in [0.2, 0.25) is 0 Å². The molecule has 1 amide bonds. The van der Waals surface area contributed by atoms with Gasteiger partial charge in [-0.2, -0.15) is 5.26 Å². The van der Waals surface area contributed by atoms with Gasteiger partial charge in [-0.15, -0.1) is 0 Å². The van der Waals surface area contributed by atoms with Crippen LogP contribution in [0.1, 0.15) is 22.3 Å². The Balaban J connectivity index is 2.18. The minimum absolute atomic E-state index is 0.00460. The molecule has 130 valence electrons. The quantitative estimate of drug-likeness (QED) is 0.810. The van der Waals surface area contributed by atoms with E-state index in [1.165, 1.54) is 12.1 Å². The molecular weight excluding hydrogens is 317 g/mol. The summed E-state index contributed by atoms with van der Waals surface area (Å²) in [5.41, 5.74) is 2.06. The van der Waals surface area contributed by atoms with Gasteiger partial charge in [0.15, 0.2) is 0 Å². The standard InChI is InChI=1S/C20H22FN3O/c1-23(2)10-5-11-24(3)20(25)17-7-4-6-15(12-17)16-8-9-19(21)18(13-16)14-22/h4,6-9,12-13H,5,10-11H2,1-3H3. The zero-order valence-corrected chi connectivity index (χ0v) is 14.8. The topological polar surface area (TPSA) is 47.3 Å². The van der Waals surface area contributed by atoms with E-state index in [2.05, 4.69) is 4.90 Å². The Hall–Kier alpha value is -2.71. The molecule has 0 heterocycles. The molecule has 0 atom stereocenters. The smallest absolute Gasteiger partial charge is 0.253 e. The van der Waals surface area contributed by atoms with Gasteiger partial charge in [-0.3, -0.25) is 4.79 Å². The monoisotopic (exact) mass is 339 g/mol. The molecule has 0 unspecified atom stereocenters. The van der Waals surface area contributed by atoms with Crippen molar-refractivity contribution in [1.29, 1.82) is 5.26 Å². The Bertz CT molecular complexity index is 796. The SMILES string of the molecule is CN(C)CCCN(C)C(=O)c1cccc(-c2ccc(F)c(C#N)c2)c1. The highest BCUT2D eigenvalue weighted by Gasteiger charge is 2.13. The van der Waals surface area contributed by atoms with Gasteiger partial charge >= 0.3 is 0 Å². The molecule has 0 N–H and O–H groups in total.